The smallest absolute Gasteiger partial charge is 0.494 e. The van der Waals surface area contributed by atoms with Crippen LogP contribution in [-0.4, -0.2) is 28.0 Å². The highest BCUT2D eigenvalue weighted by molar-refractivity contribution is 5.65. The van der Waals surface area contributed by atoms with Crippen LogP contribution < -0.4 is 20.1 Å². The predicted molar refractivity (Wildman–Crippen MR) is 118 cm³/mol. The monoisotopic (exact) mass is 454 g/mol. The number of methoxy groups -OCH3 is 1. The first kappa shape index (κ1) is 22.0. The highest BCUT2D eigenvalue weighted by atomic mass is 19.4. The van der Waals surface area contributed by atoms with Gasteiger partial charge in [0.05, 0.1) is 24.8 Å². The third kappa shape index (κ3) is 5.73. The Morgan fingerprint density at radius 3 is 2.24 bits per heavy atom. The molecule has 4 rings (SSSR count). The zero-order chi connectivity index (χ0) is 23.4. The van der Waals surface area contributed by atoms with Crippen LogP contribution in [0, 0.1) is 13.0 Å². The fourth-order valence-electron chi connectivity index (χ4n) is 3.08. The number of alkyl halides is 3. The van der Waals surface area contributed by atoms with E-state index in [-0.39, 0.29) is 5.75 Å². The molecule has 0 saturated carbocycles. The van der Waals surface area contributed by atoms with E-state index in [4.69, 9.17) is 4.74 Å². The quantitative estimate of drug-likeness (QED) is 0.369. The van der Waals surface area contributed by atoms with Gasteiger partial charge in [0.1, 0.15) is 23.1 Å². The van der Waals surface area contributed by atoms with E-state index in [9.17, 15) is 13.2 Å². The van der Waals surface area contributed by atoms with Gasteiger partial charge < -0.3 is 24.7 Å². The maximum atomic E-state index is 12.3. The number of aryl methyl sites for hydroxylation is 1. The lowest BCUT2D eigenvalue weighted by molar-refractivity contribution is -0.274. The largest absolute Gasteiger partial charge is 0.573 e. The topological polar surface area (TPSA) is 73.2 Å². The number of rotatable bonds is 7. The maximum absolute atomic E-state index is 12.3. The molecule has 1 radical (unpaired) electrons. The van der Waals surface area contributed by atoms with E-state index in [1.807, 2.05) is 35.9 Å². The van der Waals surface area contributed by atoms with Gasteiger partial charge in [-0.3, -0.25) is 0 Å². The lowest BCUT2D eigenvalue weighted by Crippen LogP contribution is -2.16. The summed E-state index contributed by atoms with van der Waals surface area (Å²) in [5, 5.41) is 6.21. The number of nitrogens with one attached hydrogen (secondary N) is 2. The molecule has 10 heteroatoms. The summed E-state index contributed by atoms with van der Waals surface area (Å²) in [6.07, 6.45) is -1.11. The van der Waals surface area contributed by atoms with Gasteiger partial charge in [-0.05, 0) is 61.5 Å². The average molecular weight is 454 g/mol. The van der Waals surface area contributed by atoms with E-state index >= 15 is 0 Å². The van der Waals surface area contributed by atoms with Crippen LogP contribution in [0.2, 0.25) is 0 Å². The Morgan fingerprint density at radius 2 is 1.64 bits per heavy atom. The molecule has 4 aromatic rings. The standard InChI is InChI=1S/C23H19F3N5O2/c1-15-13-31(14-27-15)19-11-8-17(12-20(19)32-2)29-22-5-3-4-21(30-22)28-16-6-9-18(10-7-16)33-23(24,25)26/h4-14H,1-2H3,(H2,28,29,30). The number of halogens is 3. The van der Waals surface area contributed by atoms with E-state index in [0.29, 0.717) is 23.1 Å². The Bertz CT molecular complexity index is 1240. The number of imidazole rings is 1. The van der Waals surface area contributed by atoms with Gasteiger partial charge in [0.2, 0.25) is 0 Å². The summed E-state index contributed by atoms with van der Waals surface area (Å²) in [4.78, 5) is 8.70. The third-order valence-corrected chi connectivity index (χ3v) is 4.48. The zero-order valence-corrected chi connectivity index (χ0v) is 17.6. The Hall–Kier alpha value is -4.21. The van der Waals surface area contributed by atoms with Crippen molar-refractivity contribution in [2.75, 3.05) is 17.7 Å². The highest BCUT2D eigenvalue weighted by Gasteiger charge is 2.30. The molecule has 0 saturated heterocycles. The molecular weight excluding hydrogens is 435 g/mol. The lowest BCUT2D eigenvalue weighted by atomic mass is 10.2. The molecule has 0 atom stereocenters. The van der Waals surface area contributed by atoms with Crippen molar-refractivity contribution in [3.05, 3.63) is 78.9 Å². The molecule has 2 aromatic heterocycles. The van der Waals surface area contributed by atoms with E-state index < -0.39 is 6.36 Å². The van der Waals surface area contributed by atoms with Crippen molar-refractivity contribution in [1.82, 2.24) is 14.5 Å². The van der Waals surface area contributed by atoms with Crippen molar-refractivity contribution in [2.45, 2.75) is 13.3 Å². The zero-order valence-electron chi connectivity index (χ0n) is 17.6. The molecule has 33 heavy (non-hydrogen) atoms. The van der Waals surface area contributed by atoms with Gasteiger partial charge in [0.25, 0.3) is 0 Å². The molecule has 2 aromatic carbocycles. The van der Waals surface area contributed by atoms with Crippen molar-refractivity contribution >= 4 is 23.0 Å². The number of hydrogen-bond donors (Lipinski definition) is 2. The summed E-state index contributed by atoms with van der Waals surface area (Å²) in [5.74, 6) is 1.33. The Kier molecular flexibility index (Phi) is 6.07. The summed E-state index contributed by atoms with van der Waals surface area (Å²) in [7, 11) is 1.59. The van der Waals surface area contributed by atoms with Gasteiger partial charge in [-0.1, -0.05) is 0 Å². The van der Waals surface area contributed by atoms with E-state index in [0.717, 1.165) is 17.1 Å². The molecule has 0 aliphatic carbocycles. The molecule has 169 valence electrons. The minimum atomic E-state index is -4.73. The first-order valence-electron chi connectivity index (χ1n) is 9.76. The Balaban J connectivity index is 1.47. The fourth-order valence-corrected chi connectivity index (χ4v) is 3.08. The third-order valence-electron chi connectivity index (χ3n) is 4.48. The van der Waals surface area contributed by atoms with E-state index in [2.05, 4.69) is 31.4 Å². The minimum Gasteiger partial charge on any atom is -0.494 e. The Labute approximate surface area is 187 Å². The fraction of sp³-hybridized carbons (Fsp3) is 0.130. The van der Waals surface area contributed by atoms with Crippen LogP contribution in [0.15, 0.2) is 67.1 Å². The van der Waals surface area contributed by atoms with Gasteiger partial charge in [-0.15, -0.1) is 13.2 Å². The maximum Gasteiger partial charge on any atom is 0.573 e. The minimum absolute atomic E-state index is 0.300. The number of ether oxygens (including phenoxy) is 2. The number of pyridine rings is 1. The molecule has 0 aliphatic heterocycles. The molecule has 2 N–H and O–H groups in total. The second-order valence-corrected chi connectivity index (χ2v) is 6.97. The van der Waals surface area contributed by atoms with Crippen LogP contribution in [0.4, 0.5) is 36.2 Å². The average Bonchev–Trinajstić information content (AvgIpc) is 3.20. The van der Waals surface area contributed by atoms with Crippen LogP contribution >= 0.6 is 0 Å². The molecule has 0 spiro atoms. The first-order chi connectivity index (χ1) is 15.8. The van der Waals surface area contributed by atoms with E-state index in [1.165, 1.54) is 24.3 Å². The highest BCUT2D eigenvalue weighted by Crippen LogP contribution is 2.29. The van der Waals surface area contributed by atoms with E-state index in [1.54, 1.807) is 25.6 Å². The van der Waals surface area contributed by atoms with Crippen molar-refractivity contribution < 1.29 is 22.6 Å². The summed E-state index contributed by atoms with van der Waals surface area (Å²) < 4.78 is 48.2. The molecular formula is C23H19F3N5O2. The SMILES string of the molecule is COc1cc(Nc2c[c]cc(Nc3ccc(OC(F)(F)F)cc3)n2)ccc1-n1cnc(C)c1. The summed E-state index contributed by atoms with van der Waals surface area (Å²) in [6, 6.07) is 17.3. The number of nitrogens with zero attached hydrogens (tertiary/aromatic N) is 3. The van der Waals surface area contributed by atoms with Gasteiger partial charge in [-0.25, -0.2) is 9.97 Å². The first-order valence-corrected chi connectivity index (χ1v) is 9.76. The van der Waals surface area contributed by atoms with Crippen LogP contribution in [0.1, 0.15) is 5.69 Å². The molecule has 0 amide bonds. The second-order valence-electron chi connectivity index (χ2n) is 6.97. The van der Waals surface area contributed by atoms with Crippen LogP contribution in [0.25, 0.3) is 5.69 Å². The molecule has 7 nitrogen and oxygen atoms in total. The molecule has 0 unspecified atom stereocenters. The second kappa shape index (κ2) is 9.11. The molecule has 0 aliphatic rings. The molecule has 2 heterocycles. The van der Waals surface area contributed by atoms with Crippen LogP contribution in [0.5, 0.6) is 11.5 Å². The van der Waals surface area contributed by atoms with Gasteiger partial charge >= 0.3 is 6.36 Å². The predicted octanol–water partition coefficient (Wildman–Crippen LogP) is 5.77. The van der Waals surface area contributed by atoms with Crippen molar-refractivity contribution in [1.29, 1.82) is 0 Å². The summed E-state index contributed by atoms with van der Waals surface area (Å²) >= 11 is 0. The summed E-state index contributed by atoms with van der Waals surface area (Å²) in [5.41, 5.74) is 3.03. The van der Waals surface area contributed by atoms with Gasteiger partial charge in [-0.2, -0.15) is 0 Å². The van der Waals surface area contributed by atoms with Crippen molar-refractivity contribution in [2.24, 2.45) is 0 Å². The Morgan fingerprint density at radius 1 is 0.970 bits per heavy atom. The van der Waals surface area contributed by atoms with Gasteiger partial charge in [0, 0.05) is 23.6 Å². The molecule has 0 fully saturated rings. The van der Waals surface area contributed by atoms with Crippen LogP contribution in [-0.2, 0) is 0 Å². The summed E-state index contributed by atoms with van der Waals surface area (Å²) in [6.45, 7) is 1.91. The van der Waals surface area contributed by atoms with Crippen LogP contribution in [0.3, 0.4) is 0 Å². The van der Waals surface area contributed by atoms with Gasteiger partial charge in [0.15, 0.2) is 0 Å². The normalized spacial score (nSPS) is 11.2. The number of aromatic nitrogens is 3. The number of anilines is 4. The van der Waals surface area contributed by atoms with Crippen molar-refractivity contribution in [3.63, 3.8) is 0 Å². The number of benzene rings is 2. The lowest BCUT2D eigenvalue weighted by Gasteiger charge is -2.13. The number of hydrogen-bond acceptors (Lipinski definition) is 6. The molecule has 0 bridgehead atoms. The van der Waals surface area contributed by atoms with Crippen molar-refractivity contribution in [3.8, 4) is 17.2 Å².